The molecular weight excluding hydrogens is 265 g/mol. The molecule has 110 valence electrons. The van der Waals surface area contributed by atoms with E-state index in [1.807, 2.05) is 18.2 Å². The lowest BCUT2D eigenvalue weighted by Crippen LogP contribution is -2.27. The fourth-order valence-corrected chi connectivity index (χ4v) is 3.35. The third kappa shape index (κ3) is 2.71. The van der Waals surface area contributed by atoms with Crippen LogP contribution in [0, 0.1) is 11.7 Å². The van der Waals surface area contributed by atoms with Crippen LogP contribution in [-0.4, -0.2) is 18.3 Å². The molecule has 2 atom stereocenters. The molecule has 0 spiro atoms. The molecule has 0 bridgehead atoms. The summed E-state index contributed by atoms with van der Waals surface area (Å²) in [6.07, 6.45) is 1.54. The van der Waals surface area contributed by atoms with Crippen molar-refractivity contribution in [2.75, 3.05) is 13.2 Å². The van der Waals surface area contributed by atoms with E-state index in [1.165, 1.54) is 22.8 Å². The molecule has 0 aliphatic heterocycles. The van der Waals surface area contributed by atoms with Gasteiger partial charge in [-0.3, -0.25) is 0 Å². The zero-order chi connectivity index (χ0) is 14.8. The first kappa shape index (κ1) is 14.2. The predicted molar refractivity (Wildman–Crippen MR) is 81.7 cm³/mol. The predicted octanol–water partition coefficient (Wildman–Crippen LogP) is 2.62. The summed E-state index contributed by atoms with van der Waals surface area (Å²) in [6.45, 7) is 0.486. The number of benzene rings is 2. The Morgan fingerprint density at radius 2 is 1.95 bits per heavy atom. The molecule has 2 aromatic carbocycles. The van der Waals surface area contributed by atoms with Gasteiger partial charge in [0.05, 0.1) is 0 Å². The van der Waals surface area contributed by atoms with Crippen molar-refractivity contribution in [1.82, 2.24) is 0 Å². The average molecular weight is 285 g/mol. The lowest BCUT2D eigenvalue weighted by Gasteiger charge is -2.25. The maximum absolute atomic E-state index is 13.6. The highest BCUT2D eigenvalue weighted by atomic mass is 19.1. The Hall–Kier alpha value is -1.71. The molecule has 2 nitrogen and oxygen atoms in total. The minimum absolute atomic E-state index is 0.000340. The lowest BCUT2D eigenvalue weighted by atomic mass is 9.81. The molecule has 0 aromatic heterocycles. The van der Waals surface area contributed by atoms with E-state index in [0.717, 1.165) is 18.4 Å². The van der Waals surface area contributed by atoms with Gasteiger partial charge in [0.15, 0.2) is 0 Å². The Morgan fingerprint density at radius 1 is 1.14 bits per heavy atom. The number of rotatable bonds is 3. The van der Waals surface area contributed by atoms with Crippen molar-refractivity contribution in [3.8, 4) is 0 Å². The van der Waals surface area contributed by atoms with Crippen LogP contribution in [-0.2, 0) is 12.8 Å². The van der Waals surface area contributed by atoms with Crippen LogP contribution in [0.15, 0.2) is 42.5 Å². The van der Waals surface area contributed by atoms with E-state index in [0.29, 0.717) is 6.54 Å². The van der Waals surface area contributed by atoms with Crippen molar-refractivity contribution in [3.63, 3.8) is 0 Å². The summed E-state index contributed by atoms with van der Waals surface area (Å²) in [7, 11) is 0. The van der Waals surface area contributed by atoms with Crippen molar-refractivity contribution in [3.05, 3.63) is 70.5 Å². The van der Waals surface area contributed by atoms with E-state index >= 15 is 0 Å². The second-order valence-corrected chi connectivity index (χ2v) is 5.78. The second-order valence-electron chi connectivity index (χ2n) is 5.78. The normalized spacial score (nSPS) is 18.5. The SMILES string of the molecule is NCC(CO)C1Cc2cc(F)ccc2Cc2ccccc21. The van der Waals surface area contributed by atoms with Crippen LogP contribution in [0.2, 0.25) is 0 Å². The highest BCUT2D eigenvalue weighted by Gasteiger charge is 2.27. The molecular formula is C18H20FNO. The summed E-state index contributed by atoms with van der Waals surface area (Å²) in [5.41, 5.74) is 10.5. The smallest absolute Gasteiger partial charge is 0.123 e. The molecule has 21 heavy (non-hydrogen) atoms. The minimum Gasteiger partial charge on any atom is -0.396 e. The number of hydrogen-bond donors (Lipinski definition) is 2. The van der Waals surface area contributed by atoms with E-state index in [9.17, 15) is 9.50 Å². The maximum atomic E-state index is 13.6. The number of hydrogen-bond acceptors (Lipinski definition) is 2. The van der Waals surface area contributed by atoms with Crippen LogP contribution in [0.3, 0.4) is 0 Å². The van der Waals surface area contributed by atoms with Crippen LogP contribution in [0.5, 0.6) is 0 Å². The van der Waals surface area contributed by atoms with Crippen LogP contribution >= 0.6 is 0 Å². The van der Waals surface area contributed by atoms with Gasteiger partial charge in [0, 0.05) is 12.5 Å². The summed E-state index contributed by atoms with van der Waals surface area (Å²) in [5.74, 6) is -0.0635. The molecule has 0 amide bonds. The molecule has 0 fully saturated rings. The standard InChI is InChI=1S/C18H20FNO/c19-16-6-5-12-7-13-3-1-2-4-17(13)18(9-14(12)8-16)15(10-20)11-21/h1-6,8,15,18,21H,7,9-11,20H2. The zero-order valence-corrected chi connectivity index (χ0v) is 11.9. The van der Waals surface area contributed by atoms with Gasteiger partial charge in [-0.1, -0.05) is 30.3 Å². The highest BCUT2D eigenvalue weighted by Crippen LogP contribution is 2.36. The lowest BCUT2D eigenvalue weighted by molar-refractivity contribution is 0.207. The topological polar surface area (TPSA) is 46.2 Å². The molecule has 0 radical (unpaired) electrons. The number of aliphatic hydroxyl groups is 1. The Labute approximate surface area is 124 Å². The van der Waals surface area contributed by atoms with E-state index in [4.69, 9.17) is 5.73 Å². The van der Waals surface area contributed by atoms with Crippen molar-refractivity contribution in [2.24, 2.45) is 11.7 Å². The minimum atomic E-state index is -0.202. The summed E-state index contributed by atoms with van der Waals surface area (Å²) < 4.78 is 13.6. The van der Waals surface area contributed by atoms with Gasteiger partial charge in [-0.2, -0.15) is 0 Å². The van der Waals surface area contributed by atoms with Crippen molar-refractivity contribution in [2.45, 2.75) is 18.8 Å². The highest BCUT2D eigenvalue weighted by molar-refractivity contribution is 5.43. The Kier molecular flexibility index (Phi) is 4.04. The molecule has 1 aliphatic rings. The van der Waals surface area contributed by atoms with Crippen molar-refractivity contribution in [1.29, 1.82) is 0 Å². The summed E-state index contributed by atoms with van der Waals surface area (Å²) in [4.78, 5) is 0. The Bertz CT molecular complexity index is 637. The van der Waals surface area contributed by atoms with E-state index in [-0.39, 0.29) is 24.3 Å². The third-order valence-electron chi connectivity index (χ3n) is 4.55. The fourth-order valence-electron chi connectivity index (χ4n) is 3.35. The first-order valence-corrected chi connectivity index (χ1v) is 7.39. The molecule has 3 N–H and O–H groups in total. The summed E-state index contributed by atoms with van der Waals surface area (Å²) in [6, 6.07) is 13.3. The van der Waals surface area contributed by atoms with Crippen LogP contribution in [0.25, 0.3) is 0 Å². The third-order valence-corrected chi connectivity index (χ3v) is 4.55. The fraction of sp³-hybridized carbons (Fsp3) is 0.333. The van der Waals surface area contributed by atoms with Gasteiger partial charge >= 0.3 is 0 Å². The number of nitrogens with two attached hydrogens (primary N) is 1. The van der Waals surface area contributed by atoms with Gasteiger partial charge in [-0.15, -0.1) is 0 Å². The summed E-state index contributed by atoms with van der Waals surface area (Å²) in [5, 5.41) is 9.64. The van der Waals surface area contributed by atoms with Gasteiger partial charge in [0.25, 0.3) is 0 Å². The maximum Gasteiger partial charge on any atom is 0.123 e. The molecule has 1 aliphatic carbocycles. The number of halogens is 1. The molecule has 3 rings (SSSR count). The van der Waals surface area contributed by atoms with Crippen molar-refractivity contribution >= 4 is 0 Å². The number of fused-ring (bicyclic) bond motifs is 2. The largest absolute Gasteiger partial charge is 0.396 e. The first-order chi connectivity index (χ1) is 10.2. The van der Waals surface area contributed by atoms with Crippen molar-refractivity contribution < 1.29 is 9.50 Å². The quantitative estimate of drug-likeness (QED) is 0.910. The Morgan fingerprint density at radius 3 is 2.71 bits per heavy atom. The molecule has 0 saturated heterocycles. The van der Waals surface area contributed by atoms with E-state index in [1.54, 1.807) is 6.07 Å². The van der Waals surface area contributed by atoms with Crippen LogP contribution < -0.4 is 5.73 Å². The monoisotopic (exact) mass is 285 g/mol. The van der Waals surface area contributed by atoms with Gasteiger partial charge in [0.1, 0.15) is 5.82 Å². The Balaban J connectivity index is 2.11. The molecule has 3 heteroatoms. The van der Waals surface area contributed by atoms with Crippen LogP contribution in [0.1, 0.15) is 28.2 Å². The van der Waals surface area contributed by atoms with Gasteiger partial charge < -0.3 is 10.8 Å². The zero-order valence-electron chi connectivity index (χ0n) is 11.9. The number of aliphatic hydroxyl groups excluding tert-OH is 1. The molecule has 0 saturated carbocycles. The molecule has 0 heterocycles. The molecule has 2 unspecified atom stereocenters. The van der Waals surface area contributed by atoms with Crippen LogP contribution in [0.4, 0.5) is 4.39 Å². The average Bonchev–Trinajstić information content (AvgIpc) is 2.65. The van der Waals surface area contributed by atoms with Gasteiger partial charge in [0.2, 0.25) is 0 Å². The van der Waals surface area contributed by atoms with Gasteiger partial charge in [-0.25, -0.2) is 4.39 Å². The second kappa shape index (κ2) is 5.96. The van der Waals surface area contributed by atoms with Gasteiger partial charge in [-0.05, 0) is 59.7 Å². The van der Waals surface area contributed by atoms with E-state index < -0.39 is 0 Å². The molecule has 2 aromatic rings. The first-order valence-electron chi connectivity index (χ1n) is 7.39. The summed E-state index contributed by atoms with van der Waals surface area (Å²) >= 11 is 0. The van der Waals surface area contributed by atoms with E-state index in [2.05, 4.69) is 12.1 Å².